The van der Waals surface area contributed by atoms with E-state index in [9.17, 15) is 14.4 Å². The summed E-state index contributed by atoms with van der Waals surface area (Å²) >= 11 is 6.88. The number of nitriles is 1. The maximum absolute atomic E-state index is 13.4. The monoisotopic (exact) mass is 417 g/mol. The number of nitrogens with one attached hydrogen (secondary N) is 2. The second-order valence-electron chi connectivity index (χ2n) is 5.67. The third-order valence-corrected chi connectivity index (χ3v) is 4.65. The van der Waals surface area contributed by atoms with Crippen LogP contribution in [0.1, 0.15) is 17.4 Å². The van der Waals surface area contributed by atoms with Gasteiger partial charge in [0.2, 0.25) is 16.9 Å². The largest absolute Gasteiger partial charge is 0.359 e. The molecule has 3 aromatic rings. The van der Waals surface area contributed by atoms with Gasteiger partial charge in [-0.2, -0.15) is 10.7 Å². The molecule has 0 aliphatic rings. The second-order valence-corrected chi connectivity index (χ2v) is 7.08. The number of pyridine rings is 1. The maximum atomic E-state index is 13.4. The number of aryl methyl sites for hydroxylation is 1. The minimum absolute atomic E-state index is 0.0563. The standard InChI is InChI=1S/C18H13ClFN5O2S/c1-9-5-12(23-10(2)26)8-22-17(9)27-25-18-24-16(15(7-21)28-18)11-3-4-14(20)13(19)6-11/h3-6,8H,1-2H3,(H,23,26)(H,24,25). The molecule has 10 heteroatoms. The van der Waals surface area contributed by atoms with Gasteiger partial charge >= 0.3 is 0 Å². The average molecular weight is 418 g/mol. The highest BCUT2D eigenvalue weighted by Crippen LogP contribution is 2.32. The van der Waals surface area contributed by atoms with E-state index in [4.69, 9.17) is 16.4 Å². The van der Waals surface area contributed by atoms with Gasteiger partial charge in [-0.3, -0.25) is 4.79 Å². The molecule has 0 radical (unpaired) electrons. The smallest absolute Gasteiger partial charge is 0.248 e. The number of thiazole rings is 1. The number of halogens is 2. The number of aromatic nitrogens is 2. The normalized spacial score (nSPS) is 10.2. The Morgan fingerprint density at radius 3 is 2.82 bits per heavy atom. The Bertz CT molecular complexity index is 1100. The number of benzene rings is 1. The minimum Gasteiger partial charge on any atom is -0.359 e. The SMILES string of the molecule is CC(=O)Nc1cnc(ONc2nc(-c3ccc(F)c(Cl)c3)c(C#N)s2)c(C)c1. The first-order valence-corrected chi connectivity index (χ1v) is 9.10. The molecule has 2 heterocycles. The van der Waals surface area contributed by atoms with Crippen molar-refractivity contribution in [1.82, 2.24) is 9.97 Å². The number of carbonyl (C=O) groups excluding carboxylic acids is 1. The van der Waals surface area contributed by atoms with Crippen LogP contribution in [-0.2, 0) is 4.79 Å². The minimum atomic E-state index is -0.551. The number of amides is 1. The van der Waals surface area contributed by atoms with E-state index in [2.05, 4.69) is 26.8 Å². The second kappa shape index (κ2) is 8.21. The van der Waals surface area contributed by atoms with E-state index in [1.54, 1.807) is 13.0 Å². The zero-order valence-electron chi connectivity index (χ0n) is 14.7. The molecule has 7 nitrogen and oxygen atoms in total. The van der Waals surface area contributed by atoms with Gasteiger partial charge in [-0.25, -0.2) is 14.4 Å². The zero-order chi connectivity index (χ0) is 20.3. The molecule has 0 saturated heterocycles. The Balaban J connectivity index is 1.79. The number of hydrogen-bond acceptors (Lipinski definition) is 7. The third kappa shape index (κ3) is 4.36. The summed E-state index contributed by atoms with van der Waals surface area (Å²) in [5, 5.41) is 12.2. The highest BCUT2D eigenvalue weighted by atomic mass is 35.5. The first kappa shape index (κ1) is 19.5. The molecule has 0 aliphatic heterocycles. The Morgan fingerprint density at radius 2 is 2.18 bits per heavy atom. The zero-order valence-corrected chi connectivity index (χ0v) is 16.3. The van der Waals surface area contributed by atoms with Crippen molar-refractivity contribution in [2.75, 3.05) is 10.8 Å². The summed E-state index contributed by atoms with van der Waals surface area (Å²) in [6, 6.07) is 7.87. The van der Waals surface area contributed by atoms with Crippen molar-refractivity contribution < 1.29 is 14.0 Å². The van der Waals surface area contributed by atoms with Crippen LogP contribution >= 0.6 is 22.9 Å². The van der Waals surface area contributed by atoms with Crippen molar-refractivity contribution in [3.8, 4) is 23.2 Å². The molecule has 3 rings (SSSR count). The molecular formula is C18H13ClFN5O2S. The summed E-state index contributed by atoms with van der Waals surface area (Å²) < 4.78 is 13.4. The average Bonchev–Trinajstić information content (AvgIpc) is 3.06. The van der Waals surface area contributed by atoms with Crippen LogP contribution < -0.4 is 15.6 Å². The quantitative estimate of drug-likeness (QED) is 0.591. The molecule has 0 aliphatic carbocycles. The van der Waals surface area contributed by atoms with Crippen LogP contribution in [0.2, 0.25) is 5.02 Å². The summed E-state index contributed by atoms with van der Waals surface area (Å²) in [6.45, 7) is 3.17. The van der Waals surface area contributed by atoms with Crippen molar-refractivity contribution in [3.05, 3.63) is 51.7 Å². The number of hydrogen-bond donors (Lipinski definition) is 2. The molecule has 1 aromatic carbocycles. The van der Waals surface area contributed by atoms with E-state index < -0.39 is 5.82 Å². The molecule has 0 unspecified atom stereocenters. The van der Waals surface area contributed by atoms with Gasteiger partial charge in [0.1, 0.15) is 22.5 Å². The predicted molar refractivity (Wildman–Crippen MR) is 105 cm³/mol. The summed E-state index contributed by atoms with van der Waals surface area (Å²) in [5.41, 5.74) is 4.77. The molecule has 28 heavy (non-hydrogen) atoms. The molecule has 0 fully saturated rings. The molecule has 1 amide bonds. The van der Waals surface area contributed by atoms with Gasteiger partial charge in [-0.15, -0.1) is 0 Å². The highest BCUT2D eigenvalue weighted by Gasteiger charge is 2.15. The third-order valence-electron chi connectivity index (χ3n) is 3.51. The molecule has 0 bridgehead atoms. The lowest BCUT2D eigenvalue weighted by molar-refractivity contribution is -0.114. The molecule has 2 N–H and O–H groups in total. The summed E-state index contributed by atoms with van der Waals surface area (Å²) in [5.74, 6) is -0.465. The summed E-state index contributed by atoms with van der Waals surface area (Å²) in [4.78, 5) is 25.3. The van der Waals surface area contributed by atoms with Crippen molar-refractivity contribution in [2.24, 2.45) is 0 Å². The first-order valence-electron chi connectivity index (χ1n) is 7.91. The van der Waals surface area contributed by atoms with E-state index in [0.717, 1.165) is 11.3 Å². The van der Waals surface area contributed by atoms with Crippen LogP contribution in [0.5, 0.6) is 5.88 Å². The van der Waals surface area contributed by atoms with E-state index in [-0.39, 0.29) is 16.8 Å². The highest BCUT2D eigenvalue weighted by molar-refractivity contribution is 7.16. The Morgan fingerprint density at radius 1 is 1.39 bits per heavy atom. The van der Waals surface area contributed by atoms with Crippen LogP contribution in [0.4, 0.5) is 15.2 Å². The topological polar surface area (TPSA) is 99.9 Å². The Hall–Kier alpha value is -3.22. The number of carbonyl (C=O) groups is 1. The number of rotatable bonds is 5. The van der Waals surface area contributed by atoms with Gasteiger partial charge in [-0.1, -0.05) is 22.9 Å². The van der Waals surface area contributed by atoms with E-state index in [1.165, 1.54) is 31.3 Å². The lowest BCUT2D eigenvalue weighted by atomic mass is 10.1. The van der Waals surface area contributed by atoms with Gasteiger partial charge in [-0.05, 0) is 31.2 Å². The van der Waals surface area contributed by atoms with Gasteiger partial charge < -0.3 is 10.2 Å². The number of anilines is 2. The molecular weight excluding hydrogens is 405 g/mol. The van der Waals surface area contributed by atoms with Crippen LogP contribution in [0.25, 0.3) is 11.3 Å². The fourth-order valence-corrected chi connectivity index (χ4v) is 3.21. The van der Waals surface area contributed by atoms with E-state index >= 15 is 0 Å². The van der Waals surface area contributed by atoms with Gasteiger partial charge in [0.25, 0.3) is 0 Å². The molecule has 2 aromatic heterocycles. The predicted octanol–water partition coefficient (Wildman–Crippen LogP) is 4.54. The van der Waals surface area contributed by atoms with Crippen molar-refractivity contribution in [3.63, 3.8) is 0 Å². The van der Waals surface area contributed by atoms with Gasteiger partial charge in [0.15, 0.2) is 0 Å². The number of nitrogens with zero attached hydrogens (tertiary/aromatic N) is 3. The fraction of sp³-hybridized carbons (Fsp3) is 0.111. The van der Waals surface area contributed by atoms with E-state index in [1.807, 2.05) is 0 Å². The summed E-state index contributed by atoms with van der Waals surface area (Å²) in [6.07, 6.45) is 1.46. The van der Waals surface area contributed by atoms with Crippen molar-refractivity contribution >= 4 is 39.7 Å². The van der Waals surface area contributed by atoms with Crippen LogP contribution in [-0.4, -0.2) is 15.9 Å². The Kier molecular flexibility index (Phi) is 5.73. The van der Waals surface area contributed by atoms with Crippen LogP contribution in [0, 0.1) is 24.1 Å². The summed E-state index contributed by atoms with van der Waals surface area (Å²) in [7, 11) is 0. The first-order chi connectivity index (χ1) is 13.4. The Labute approximate surface area is 168 Å². The fourth-order valence-electron chi connectivity index (χ4n) is 2.31. The maximum Gasteiger partial charge on any atom is 0.248 e. The van der Waals surface area contributed by atoms with Gasteiger partial charge in [0, 0.05) is 18.1 Å². The van der Waals surface area contributed by atoms with Crippen LogP contribution in [0.3, 0.4) is 0 Å². The molecule has 0 atom stereocenters. The molecule has 0 saturated carbocycles. The lowest BCUT2D eigenvalue weighted by Gasteiger charge is -2.08. The molecule has 142 valence electrons. The van der Waals surface area contributed by atoms with E-state index in [0.29, 0.717) is 32.5 Å². The van der Waals surface area contributed by atoms with Crippen molar-refractivity contribution in [1.29, 1.82) is 5.26 Å². The van der Waals surface area contributed by atoms with Gasteiger partial charge in [0.05, 0.1) is 16.9 Å². The lowest BCUT2D eigenvalue weighted by Crippen LogP contribution is -2.09. The van der Waals surface area contributed by atoms with Crippen LogP contribution in [0.15, 0.2) is 30.5 Å². The van der Waals surface area contributed by atoms with Crippen molar-refractivity contribution in [2.45, 2.75) is 13.8 Å². The molecule has 0 spiro atoms.